The summed E-state index contributed by atoms with van der Waals surface area (Å²) in [4.78, 5) is 34.7. The highest BCUT2D eigenvalue weighted by atomic mass is 16.5. The van der Waals surface area contributed by atoms with E-state index < -0.39 is 0 Å². The maximum absolute atomic E-state index is 13.0. The Morgan fingerprint density at radius 2 is 1.88 bits per heavy atom. The predicted molar refractivity (Wildman–Crippen MR) is 163 cm³/mol. The van der Waals surface area contributed by atoms with Gasteiger partial charge in [0.15, 0.2) is 0 Å². The van der Waals surface area contributed by atoms with Crippen molar-refractivity contribution in [2.75, 3.05) is 44.2 Å². The van der Waals surface area contributed by atoms with Crippen LogP contribution in [0.5, 0.6) is 5.75 Å². The van der Waals surface area contributed by atoms with Crippen LogP contribution < -0.4 is 20.3 Å². The fraction of sp³-hybridized carbons (Fsp3) is 0.606. The Morgan fingerprint density at radius 3 is 2.56 bits per heavy atom. The zero-order valence-corrected chi connectivity index (χ0v) is 25.0. The highest BCUT2D eigenvalue weighted by molar-refractivity contribution is 5.96. The molecule has 0 unspecified atom stereocenters. The summed E-state index contributed by atoms with van der Waals surface area (Å²) in [6.07, 6.45) is 9.42. The molecule has 0 bridgehead atoms. The fourth-order valence-corrected chi connectivity index (χ4v) is 6.37. The van der Waals surface area contributed by atoms with Gasteiger partial charge in [0.2, 0.25) is 5.91 Å². The first-order chi connectivity index (χ1) is 19.9. The minimum Gasteiger partial charge on any atom is -0.494 e. The molecule has 3 fully saturated rings. The van der Waals surface area contributed by atoms with Gasteiger partial charge in [0.1, 0.15) is 11.6 Å². The summed E-state index contributed by atoms with van der Waals surface area (Å²) in [5, 5.41) is 6.42. The molecule has 41 heavy (non-hydrogen) atoms. The average Bonchev–Trinajstić information content (AvgIpc) is 3.68. The third-order valence-electron chi connectivity index (χ3n) is 9.03. The van der Waals surface area contributed by atoms with Gasteiger partial charge in [-0.05, 0) is 99.1 Å². The van der Waals surface area contributed by atoms with E-state index in [-0.39, 0.29) is 23.9 Å². The normalized spacial score (nSPS) is 21.5. The summed E-state index contributed by atoms with van der Waals surface area (Å²) >= 11 is 0. The zero-order valence-electron chi connectivity index (χ0n) is 25.0. The van der Waals surface area contributed by atoms with Gasteiger partial charge in [-0.2, -0.15) is 0 Å². The Hall–Kier alpha value is -3.13. The van der Waals surface area contributed by atoms with E-state index in [0.717, 1.165) is 68.5 Å². The van der Waals surface area contributed by atoms with E-state index >= 15 is 0 Å². The number of pyridine rings is 1. The number of carbonyl (C=O) groups is 2. The molecule has 3 aliphatic heterocycles. The topological polar surface area (TPSA) is 86.8 Å². The lowest BCUT2D eigenvalue weighted by Gasteiger charge is -2.33. The van der Waals surface area contributed by atoms with Crippen LogP contribution in [0, 0.1) is 12.8 Å². The van der Waals surface area contributed by atoms with Crippen LogP contribution in [0.1, 0.15) is 86.2 Å². The van der Waals surface area contributed by atoms with Crippen molar-refractivity contribution in [1.82, 2.24) is 20.5 Å². The first-order valence-corrected chi connectivity index (χ1v) is 15.6. The molecule has 2 amide bonds. The zero-order chi connectivity index (χ0) is 28.8. The molecule has 222 valence electrons. The third kappa shape index (κ3) is 7.59. The molecule has 0 saturated carbocycles. The molecule has 2 N–H and O–H groups in total. The van der Waals surface area contributed by atoms with Crippen LogP contribution in [0.15, 0.2) is 36.5 Å². The molecule has 0 radical (unpaired) electrons. The van der Waals surface area contributed by atoms with Gasteiger partial charge in [0.05, 0.1) is 12.6 Å². The first kappa shape index (κ1) is 29.4. The molecule has 2 aromatic rings. The number of amides is 2. The van der Waals surface area contributed by atoms with Crippen LogP contribution in [0.3, 0.4) is 0 Å². The van der Waals surface area contributed by atoms with Crippen molar-refractivity contribution in [3.63, 3.8) is 0 Å². The molecule has 0 aliphatic carbocycles. The molecule has 8 heteroatoms. The number of hydrogen-bond donors (Lipinski definition) is 2. The number of likely N-dealkylation sites (tertiary alicyclic amines) is 1. The van der Waals surface area contributed by atoms with Crippen molar-refractivity contribution in [2.45, 2.75) is 83.7 Å². The summed E-state index contributed by atoms with van der Waals surface area (Å²) in [5.74, 6) is 3.23. The van der Waals surface area contributed by atoms with Gasteiger partial charge in [-0.1, -0.05) is 19.9 Å². The summed E-state index contributed by atoms with van der Waals surface area (Å²) in [7, 11) is 0. The SMILES string of the molecule is Cc1cc(OCCCC2CCN(c3ccc(C(C)C)cn3)CC2)ccc1C(=O)N[C@@H]1CN[C@H](C(=O)N2CCCC2)C1. The number of benzene rings is 1. The van der Waals surface area contributed by atoms with Gasteiger partial charge in [-0.15, -0.1) is 0 Å². The van der Waals surface area contributed by atoms with Gasteiger partial charge in [0, 0.05) is 50.5 Å². The summed E-state index contributed by atoms with van der Waals surface area (Å²) in [5.41, 5.74) is 2.85. The monoisotopic (exact) mass is 561 g/mol. The minimum atomic E-state index is -0.193. The molecule has 3 aliphatic rings. The molecule has 8 nitrogen and oxygen atoms in total. The Labute approximate surface area is 245 Å². The number of carbonyl (C=O) groups excluding carboxylic acids is 2. The molecule has 0 spiro atoms. The van der Waals surface area contributed by atoms with Gasteiger partial charge in [0.25, 0.3) is 5.91 Å². The van der Waals surface area contributed by atoms with E-state index in [1.165, 1.54) is 24.8 Å². The number of ether oxygens (including phenoxy) is 1. The molecule has 2 atom stereocenters. The van der Waals surface area contributed by atoms with Crippen molar-refractivity contribution in [2.24, 2.45) is 5.92 Å². The number of aromatic nitrogens is 1. The Kier molecular flexibility index (Phi) is 9.80. The van der Waals surface area contributed by atoms with Crippen molar-refractivity contribution >= 4 is 17.6 Å². The minimum absolute atomic E-state index is 0.0390. The lowest BCUT2D eigenvalue weighted by Crippen LogP contribution is -2.42. The summed E-state index contributed by atoms with van der Waals surface area (Å²) < 4.78 is 6.05. The highest BCUT2D eigenvalue weighted by Crippen LogP contribution is 2.26. The van der Waals surface area contributed by atoms with Crippen LogP contribution in [-0.2, 0) is 4.79 Å². The van der Waals surface area contributed by atoms with Crippen molar-refractivity contribution in [1.29, 1.82) is 0 Å². The molecular formula is C33H47N5O3. The van der Waals surface area contributed by atoms with Gasteiger partial charge in [-0.3, -0.25) is 9.59 Å². The Morgan fingerprint density at radius 1 is 1.10 bits per heavy atom. The maximum Gasteiger partial charge on any atom is 0.251 e. The number of aryl methyl sites for hydroxylation is 1. The van der Waals surface area contributed by atoms with Crippen LogP contribution in [0.2, 0.25) is 0 Å². The van der Waals surface area contributed by atoms with Crippen LogP contribution in [-0.4, -0.2) is 73.1 Å². The quantitative estimate of drug-likeness (QED) is 0.410. The lowest BCUT2D eigenvalue weighted by molar-refractivity contribution is -0.132. The molecule has 4 heterocycles. The second-order valence-electron chi connectivity index (χ2n) is 12.4. The number of nitrogens with one attached hydrogen (secondary N) is 2. The second-order valence-corrected chi connectivity index (χ2v) is 12.4. The Balaban J connectivity index is 1.00. The number of anilines is 1. The predicted octanol–water partition coefficient (Wildman–Crippen LogP) is 4.67. The van der Waals surface area contributed by atoms with E-state index in [4.69, 9.17) is 9.72 Å². The van der Waals surface area contributed by atoms with Crippen LogP contribution in [0.4, 0.5) is 5.82 Å². The molecular weight excluding hydrogens is 514 g/mol. The van der Waals surface area contributed by atoms with Gasteiger partial charge < -0.3 is 25.2 Å². The maximum atomic E-state index is 13.0. The number of piperidine rings is 1. The third-order valence-corrected chi connectivity index (χ3v) is 9.03. The highest BCUT2D eigenvalue weighted by Gasteiger charge is 2.34. The van der Waals surface area contributed by atoms with Crippen LogP contribution >= 0.6 is 0 Å². The fourth-order valence-electron chi connectivity index (χ4n) is 6.37. The van der Waals surface area contributed by atoms with Crippen molar-refractivity contribution < 1.29 is 14.3 Å². The van der Waals surface area contributed by atoms with Gasteiger partial charge in [-0.25, -0.2) is 4.98 Å². The molecule has 3 saturated heterocycles. The molecule has 5 rings (SSSR count). The van der Waals surface area contributed by atoms with E-state index in [1.807, 2.05) is 36.2 Å². The van der Waals surface area contributed by atoms with Crippen molar-refractivity contribution in [3.8, 4) is 5.75 Å². The largest absolute Gasteiger partial charge is 0.494 e. The average molecular weight is 562 g/mol. The Bertz CT molecular complexity index is 1170. The smallest absolute Gasteiger partial charge is 0.251 e. The van der Waals surface area contributed by atoms with E-state index in [2.05, 4.69) is 41.5 Å². The standard InChI is InChI=1S/C33H47N5O3/c1-23(2)26-8-11-31(35-21-26)37-16-12-25(13-17-37)7-6-18-41-28-9-10-29(24(3)19-28)32(39)36-27-20-30(34-22-27)33(40)38-14-4-5-15-38/h8-11,19,21,23,25,27,30,34H,4-7,12-18,20,22H2,1-3H3,(H,36,39)/t27-,30-/m0/s1. The lowest BCUT2D eigenvalue weighted by atomic mass is 9.92. The summed E-state index contributed by atoms with van der Waals surface area (Å²) in [6, 6.07) is 9.85. The number of nitrogens with zero attached hydrogens (tertiary/aromatic N) is 3. The molecule has 1 aromatic heterocycles. The first-order valence-electron chi connectivity index (χ1n) is 15.6. The molecule has 1 aromatic carbocycles. The van der Waals surface area contributed by atoms with E-state index in [9.17, 15) is 9.59 Å². The number of hydrogen-bond acceptors (Lipinski definition) is 6. The van der Waals surface area contributed by atoms with Crippen molar-refractivity contribution in [3.05, 3.63) is 53.2 Å². The van der Waals surface area contributed by atoms with Crippen LogP contribution in [0.25, 0.3) is 0 Å². The number of rotatable bonds is 10. The van der Waals surface area contributed by atoms with E-state index in [0.29, 0.717) is 31.1 Å². The second kappa shape index (κ2) is 13.7. The van der Waals surface area contributed by atoms with Gasteiger partial charge >= 0.3 is 0 Å². The van der Waals surface area contributed by atoms with E-state index in [1.54, 1.807) is 0 Å². The summed E-state index contributed by atoms with van der Waals surface area (Å²) in [6.45, 7) is 11.5.